The Balaban J connectivity index is 1.10. The van der Waals surface area contributed by atoms with Gasteiger partial charge in [-0.3, -0.25) is 4.99 Å². The number of aromatic nitrogens is 3. The van der Waals surface area contributed by atoms with Crippen LogP contribution in [0.2, 0.25) is 0 Å². The smallest absolute Gasteiger partial charge is 0.335 e. The van der Waals surface area contributed by atoms with Crippen molar-refractivity contribution in [3.05, 3.63) is 113 Å². The molecule has 5 heterocycles. The Labute approximate surface area is 295 Å². The zero-order valence-electron chi connectivity index (χ0n) is 28.2. The quantitative estimate of drug-likeness (QED) is 0.192. The summed E-state index contributed by atoms with van der Waals surface area (Å²) in [7, 11) is 0. The molecule has 11 heteroatoms. The molecule has 3 aliphatic rings. The van der Waals surface area contributed by atoms with Crippen LogP contribution in [0, 0.1) is 0 Å². The Bertz CT molecular complexity index is 2150. The van der Waals surface area contributed by atoms with Crippen molar-refractivity contribution in [2.75, 3.05) is 26.4 Å². The largest absolute Gasteiger partial charge is 0.493 e. The van der Waals surface area contributed by atoms with Gasteiger partial charge in [0.05, 0.1) is 60.8 Å². The van der Waals surface area contributed by atoms with E-state index >= 15 is 0 Å². The van der Waals surface area contributed by atoms with Crippen LogP contribution >= 0.6 is 0 Å². The molecule has 3 aromatic carbocycles. The minimum atomic E-state index is -0.969. The summed E-state index contributed by atoms with van der Waals surface area (Å²) in [6, 6.07) is 23.5. The Morgan fingerprint density at radius 3 is 2.65 bits per heavy atom. The average molecular weight is 686 g/mol. The maximum absolute atomic E-state index is 11.8. The molecule has 1 atom stereocenters. The number of aromatic carboxylic acids is 1. The van der Waals surface area contributed by atoms with Gasteiger partial charge in [0, 0.05) is 48.2 Å². The van der Waals surface area contributed by atoms with E-state index in [-0.39, 0.29) is 17.7 Å². The second kappa shape index (κ2) is 14.4. The predicted molar refractivity (Wildman–Crippen MR) is 193 cm³/mol. The SMILES string of the molecule is N/C=C(\C=NC1COC1)c1ccc2c(c1)CCCOc1cc(ccc1Cc1nc3ccc(C(=O)O)cc3n1CC1CCO1)-c1cccc(n1)OC2. The van der Waals surface area contributed by atoms with Gasteiger partial charge in [0.2, 0.25) is 5.88 Å². The highest BCUT2D eigenvalue weighted by Crippen LogP contribution is 2.32. The zero-order chi connectivity index (χ0) is 34.7. The number of hydrogen-bond donors (Lipinski definition) is 2. The normalized spacial score (nSPS) is 17.9. The van der Waals surface area contributed by atoms with Crippen LogP contribution in [0.1, 0.15) is 51.3 Å². The molecule has 2 aromatic heterocycles. The van der Waals surface area contributed by atoms with Crippen molar-refractivity contribution in [1.29, 1.82) is 0 Å². The van der Waals surface area contributed by atoms with Crippen molar-refractivity contribution in [2.24, 2.45) is 10.7 Å². The second-order valence-corrected chi connectivity index (χ2v) is 13.1. The number of nitrogens with two attached hydrogens (primary N) is 1. The number of allylic oxidation sites excluding steroid dienone is 1. The van der Waals surface area contributed by atoms with Gasteiger partial charge in [-0.05, 0) is 66.3 Å². The van der Waals surface area contributed by atoms with Crippen LogP contribution in [-0.2, 0) is 35.5 Å². The van der Waals surface area contributed by atoms with Crippen molar-refractivity contribution in [3.63, 3.8) is 0 Å². The molecule has 4 bridgehead atoms. The summed E-state index contributed by atoms with van der Waals surface area (Å²) in [5.41, 5.74) is 14.5. The summed E-state index contributed by atoms with van der Waals surface area (Å²) < 4.78 is 26.0. The fourth-order valence-corrected chi connectivity index (χ4v) is 6.58. The van der Waals surface area contributed by atoms with E-state index in [1.165, 1.54) is 0 Å². The fraction of sp³-hybridized carbons (Fsp3) is 0.300. The Morgan fingerprint density at radius 1 is 0.980 bits per heavy atom. The van der Waals surface area contributed by atoms with E-state index in [1.807, 2.05) is 36.5 Å². The molecule has 3 aliphatic heterocycles. The second-order valence-electron chi connectivity index (χ2n) is 13.1. The van der Waals surface area contributed by atoms with E-state index in [2.05, 4.69) is 33.8 Å². The highest BCUT2D eigenvalue weighted by Gasteiger charge is 2.24. The third-order valence-corrected chi connectivity index (χ3v) is 9.68. The van der Waals surface area contributed by atoms with Crippen molar-refractivity contribution in [3.8, 4) is 22.9 Å². The predicted octanol–water partition coefficient (Wildman–Crippen LogP) is 5.85. The lowest BCUT2D eigenvalue weighted by molar-refractivity contribution is -0.0589. The summed E-state index contributed by atoms with van der Waals surface area (Å²) in [5, 5.41) is 9.68. The van der Waals surface area contributed by atoms with Gasteiger partial charge in [-0.15, -0.1) is 0 Å². The number of rotatable bonds is 8. The van der Waals surface area contributed by atoms with Crippen LogP contribution in [-0.4, -0.2) is 70.4 Å². The van der Waals surface area contributed by atoms with Gasteiger partial charge in [-0.2, -0.15) is 0 Å². The summed E-state index contributed by atoms with van der Waals surface area (Å²) in [4.78, 5) is 26.2. The van der Waals surface area contributed by atoms with Crippen LogP contribution in [0.3, 0.4) is 0 Å². The minimum Gasteiger partial charge on any atom is -0.493 e. The summed E-state index contributed by atoms with van der Waals surface area (Å²) >= 11 is 0. The highest BCUT2D eigenvalue weighted by molar-refractivity contribution is 6.09. The molecule has 5 aromatic rings. The maximum Gasteiger partial charge on any atom is 0.335 e. The van der Waals surface area contributed by atoms with Gasteiger partial charge in [0.1, 0.15) is 18.2 Å². The fourth-order valence-electron chi connectivity index (χ4n) is 6.58. The molecule has 51 heavy (non-hydrogen) atoms. The molecule has 0 aliphatic carbocycles. The molecule has 11 nitrogen and oxygen atoms in total. The van der Waals surface area contributed by atoms with Crippen LogP contribution in [0.15, 0.2) is 84.0 Å². The summed E-state index contributed by atoms with van der Waals surface area (Å²) in [6.07, 6.45) is 6.48. The number of carboxylic acids is 1. The minimum absolute atomic E-state index is 0.0660. The summed E-state index contributed by atoms with van der Waals surface area (Å²) in [5.74, 6) is 1.14. The first-order valence-electron chi connectivity index (χ1n) is 17.4. The Morgan fingerprint density at radius 2 is 1.86 bits per heavy atom. The van der Waals surface area contributed by atoms with E-state index in [0.717, 1.165) is 87.6 Å². The Hall–Kier alpha value is -5.52. The number of carbonyl (C=O) groups is 1. The van der Waals surface area contributed by atoms with Crippen molar-refractivity contribution >= 4 is 28.8 Å². The molecule has 2 saturated heterocycles. The maximum atomic E-state index is 11.8. The number of pyridine rings is 1. The summed E-state index contributed by atoms with van der Waals surface area (Å²) in [6.45, 7) is 3.48. The number of hydrogen-bond acceptors (Lipinski definition) is 9. The van der Waals surface area contributed by atoms with Gasteiger partial charge in [0.25, 0.3) is 0 Å². The molecule has 0 saturated carbocycles. The molecular weight excluding hydrogens is 646 g/mol. The monoisotopic (exact) mass is 685 g/mol. The van der Waals surface area contributed by atoms with Gasteiger partial charge in [-0.25, -0.2) is 14.8 Å². The molecular formula is C40H39N5O6. The van der Waals surface area contributed by atoms with E-state index < -0.39 is 5.97 Å². The van der Waals surface area contributed by atoms with E-state index in [4.69, 9.17) is 34.6 Å². The van der Waals surface area contributed by atoms with Crippen LogP contribution in [0.25, 0.3) is 27.9 Å². The number of aliphatic imine (C=N–C) groups is 1. The molecule has 260 valence electrons. The number of carboxylic acid groups (broad SMARTS) is 1. The number of imidazole rings is 1. The van der Waals surface area contributed by atoms with Crippen LogP contribution in [0.5, 0.6) is 11.6 Å². The third kappa shape index (κ3) is 7.08. The number of nitrogens with zero attached hydrogens (tertiary/aromatic N) is 4. The zero-order valence-corrected chi connectivity index (χ0v) is 28.2. The molecule has 1 unspecified atom stereocenters. The molecule has 0 radical (unpaired) electrons. The lowest BCUT2D eigenvalue weighted by Gasteiger charge is -2.27. The molecule has 0 amide bonds. The first-order valence-corrected chi connectivity index (χ1v) is 17.4. The first-order chi connectivity index (χ1) is 25.0. The molecule has 2 fully saturated rings. The van der Waals surface area contributed by atoms with Crippen molar-refractivity contribution < 1.29 is 28.8 Å². The number of fused-ring (bicyclic) bond motifs is 7. The van der Waals surface area contributed by atoms with Gasteiger partial charge in [-0.1, -0.05) is 36.4 Å². The van der Waals surface area contributed by atoms with E-state index in [0.29, 0.717) is 45.3 Å². The topological polar surface area (TPSA) is 143 Å². The number of aryl methyl sites for hydroxylation is 1. The third-order valence-electron chi connectivity index (χ3n) is 9.68. The van der Waals surface area contributed by atoms with Crippen molar-refractivity contribution in [2.45, 2.75) is 51.0 Å². The lowest BCUT2D eigenvalue weighted by Crippen LogP contribution is -2.31. The highest BCUT2D eigenvalue weighted by atomic mass is 16.5. The van der Waals surface area contributed by atoms with Gasteiger partial charge in [0.15, 0.2) is 0 Å². The van der Waals surface area contributed by atoms with E-state index in [1.54, 1.807) is 24.4 Å². The van der Waals surface area contributed by atoms with Crippen LogP contribution < -0.4 is 15.2 Å². The molecule has 3 N–H and O–H groups in total. The van der Waals surface area contributed by atoms with Crippen LogP contribution in [0.4, 0.5) is 0 Å². The lowest BCUT2D eigenvalue weighted by atomic mass is 9.97. The van der Waals surface area contributed by atoms with Crippen molar-refractivity contribution in [1.82, 2.24) is 14.5 Å². The van der Waals surface area contributed by atoms with E-state index in [9.17, 15) is 9.90 Å². The number of benzene rings is 3. The van der Waals surface area contributed by atoms with Gasteiger partial charge < -0.3 is 34.4 Å². The first kappa shape index (κ1) is 32.7. The van der Waals surface area contributed by atoms with Gasteiger partial charge >= 0.3 is 5.97 Å². The average Bonchev–Trinajstić information content (AvgIpc) is 3.44. The molecule has 0 spiro atoms. The molecule has 8 rings (SSSR count). The number of ether oxygens (including phenoxy) is 4. The Kier molecular flexibility index (Phi) is 9.21. The standard InChI is InChI=1S/C40H39N5O6/c41-19-31(20-42-32-23-48-24-32)26-6-9-30-22-51-39-5-1-4-34(44-39)27-7-8-28(37(17-27)50-13-2-3-25(30)15-26)18-38-43-35-11-10-29(40(46)47)16-36(35)45(38)21-33-12-14-49-33/h1,4-11,15-17,19-20,32-33H,2-3,12-14,18,21-24,41H2,(H,46,47)/b31-19+,42-20?.